The molecule has 0 fully saturated rings. The van der Waals surface area contributed by atoms with Crippen LogP contribution in [0, 0.1) is 0 Å². The van der Waals surface area contributed by atoms with Gasteiger partial charge in [-0.1, -0.05) is 212 Å². The zero-order valence-electron chi connectivity index (χ0n) is 40.4. The Morgan fingerprint density at radius 1 is 0.200 bits per heavy atom. The molecular weight excluding hydrogens is 911 g/mol. The molecule has 0 saturated heterocycles. The van der Waals surface area contributed by atoms with Crippen molar-refractivity contribution >= 4 is 108 Å². The first-order chi connectivity index (χ1) is 37.2. The van der Waals surface area contributed by atoms with E-state index in [1.165, 1.54) is 81.3 Å². The third kappa shape index (κ3) is 6.33. The largest absolute Gasteiger partial charge is 0.456 e. The molecule has 4 heteroatoms. The summed E-state index contributed by atoms with van der Waals surface area (Å²) in [5.41, 5.74) is 9.33. The number of hydrogen-bond acceptors (Lipinski definition) is 4. The van der Waals surface area contributed by atoms with Crippen LogP contribution in [0.3, 0.4) is 0 Å². The Morgan fingerprint density at radius 3 is 1.05 bits per heavy atom. The number of nitrogens with zero attached hydrogens (tertiary/aromatic N) is 3. The highest BCUT2D eigenvalue weighted by molar-refractivity contribution is 6.32. The molecule has 0 aliphatic carbocycles. The Morgan fingerprint density at radius 2 is 0.560 bits per heavy atom. The van der Waals surface area contributed by atoms with Gasteiger partial charge >= 0.3 is 0 Å². The highest BCUT2D eigenvalue weighted by atomic mass is 16.3. The zero-order chi connectivity index (χ0) is 49.1. The van der Waals surface area contributed by atoms with Gasteiger partial charge in [-0.2, -0.15) is 0 Å². The second-order valence-electron chi connectivity index (χ2n) is 19.7. The number of rotatable bonds is 5. The third-order valence-electron chi connectivity index (χ3n) is 15.6. The molecule has 0 spiro atoms. The second kappa shape index (κ2) is 16.2. The number of furan rings is 1. The molecule has 0 saturated carbocycles. The number of hydrogen-bond donors (Lipinski definition) is 0. The van der Waals surface area contributed by atoms with Crippen molar-refractivity contribution in [3.05, 3.63) is 249 Å². The molecule has 0 unspecified atom stereocenters. The van der Waals surface area contributed by atoms with Crippen molar-refractivity contribution in [3.63, 3.8) is 0 Å². The Balaban J connectivity index is 0.945. The summed E-state index contributed by atoms with van der Waals surface area (Å²) >= 11 is 0. The molecule has 0 atom stereocenters. The molecule has 2 heterocycles. The number of benzene rings is 14. The highest BCUT2D eigenvalue weighted by Crippen LogP contribution is 2.51. The van der Waals surface area contributed by atoms with Gasteiger partial charge < -0.3 is 4.42 Å². The van der Waals surface area contributed by atoms with Crippen LogP contribution < -0.4 is 0 Å². The van der Waals surface area contributed by atoms with Crippen LogP contribution >= 0.6 is 0 Å². The van der Waals surface area contributed by atoms with E-state index in [1.54, 1.807) is 0 Å². The molecule has 0 aliphatic heterocycles. The molecular formula is C71H41N3O. The quantitative estimate of drug-likeness (QED) is 0.127. The van der Waals surface area contributed by atoms with Crippen LogP contribution in [0.15, 0.2) is 253 Å². The molecule has 2 aromatic heterocycles. The summed E-state index contributed by atoms with van der Waals surface area (Å²) in [6.07, 6.45) is 0. The van der Waals surface area contributed by atoms with E-state index < -0.39 is 0 Å². The van der Waals surface area contributed by atoms with Crippen molar-refractivity contribution in [1.29, 1.82) is 0 Å². The van der Waals surface area contributed by atoms with Gasteiger partial charge in [0.15, 0.2) is 17.5 Å². The standard InChI is InChI=1S/C71H41N3O/c1-3-19-42(20-4-1)69-72-70(43-21-5-2-6-22-43)74-71(73-69)68-55-33-17-15-31-53(55)67(54-32-16-18-34-56(54)68)66-51-29-13-11-27-49(51)65(50-28-12-14-30-52(50)66)46-35-36-63-61(39-46)62-40-59-58-38-45-24-8-7-23-44(45)37-57(58)47-25-9-10-26-48(47)60(59)41-64(62)75-63/h1-41H. The van der Waals surface area contributed by atoms with Crippen molar-refractivity contribution < 1.29 is 4.42 Å². The molecule has 16 rings (SSSR count). The molecule has 0 radical (unpaired) electrons. The lowest BCUT2D eigenvalue weighted by atomic mass is 9.81. The SMILES string of the molecule is c1ccc(-c2nc(-c3ccccc3)nc(-c3c4ccccc4c(-c4c5ccccc5c(-c5ccc6oc7cc8c9ccccc9c9cc%10ccccc%10cc9c8cc7c6c5)c5ccccc45)c4ccccc34)n2)cc1. The predicted molar refractivity (Wildman–Crippen MR) is 314 cm³/mol. The molecule has 14 aromatic carbocycles. The Labute approximate surface area is 430 Å². The molecule has 0 amide bonds. The van der Waals surface area contributed by atoms with Gasteiger partial charge in [0.2, 0.25) is 0 Å². The lowest BCUT2D eigenvalue weighted by molar-refractivity contribution is 0.669. The lowest BCUT2D eigenvalue weighted by Crippen LogP contribution is -2.01. The Kier molecular flexibility index (Phi) is 9.00. The summed E-state index contributed by atoms with van der Waals surface area (Å²) in [5.74, 6) is 1.90. The van der Waals surface area contributed by atoms with Crippen LogP contribution in [0.5, 0.6) is 0 Å². The van der Waals surface area contributed by atoms with E-state index in [-0.39, 0.29) is 0 Å². The van der Waals surface area contributed by atoms with Crippen molar-refractivity contribution in [3.8, 4) is 56.4 Å². The van der Waals surface area contributed by atoms with Crippen LogP contribution in [0.25, 0.3) is 165 Å². The van der Waals surface area contributed by atoms with Crippen LogP contribution in [-0.2, 0) is 0 Å². The lowest BCUT2D eigenvalue weighted by Gasteiger charge is -2.22. The van der Waals surface area contributed by atoms with Gasteiger partial charge in [-0.25, -0.2) is 15.0 Å². The van der Waals surface area contributed by atoms with Gasteiger partial charge in [0, 0.05) is 27.5 Å². The van der Waals surface area contributed by atoms with E-state index in [0.29, 0.717) is 17.5 Å². The average molecular weight is 952 g/mol. The fourth-order valence-corrected chi connectivity index (χ4v) is 12.3. The van der Waals surface area contributed by atoms with E-state index in [9.17, 15) is 0 Å². The maximum Gasteiger partial charge on any atom is 0.165 e. The van der Waals surface area contributed by atoms with Gasteiger partial charge in [-0.05, 0) is 145 Å². The molecule has 0 aliphatic rings. The molecule has 346 valence electrons. The maximum absolute atomic E-state index is 6.80. The Hall–Kier alpha value is -10.0. The highest BCUT2D eigenvalue weighted by Gasteiger charge is 2.25. The van der Waals surface area contributed by atoms with E-state index in [1.807, 2.05) is 36.4 Å². The van der Waals surface area contributed by atoms with Gasteiger partial charge in [-0.15, -0.1) is 0 Å². The van der Waals surface area contributed by atoms with Crippen molar-refractivity contribution in [2.24, 2.45) is 0 Å². The molecule has 4 nitrogen and oxygen atoms in total. The van der Waals surface area contributed by atoms with E-state index in [4.69, 9.17) is 19.4 Å². The van der Waals surface area contributed by atoms with Crippen molar-refractivity contribution in [2.45, 2.75) is 0 Å². The summed E-state index contributed by atoms with van der Waals surface area (Å²) in [7, 11) is 0. The maximum atomic E-state index is 6.80. The summed E-state index contributed by atoms with van der Waals surface area (Å²) in [6.45, 7) is 0. The number of fused-ring (bicyclic) bond motifs is 14. The molecule has 0 bridgehead atoms. The molecule has 0 N–H and O–H groups in total. The first-order valence-electron chi connectivity index (χ1n) is 25.6. The zero-order valence-corrected chi connectivity index (χ0v) is 40.4. The van der Waals surface area contributed by atoms with Gasteiger partial charge in [-0.3, -0.25) is 0 Å². The minimum Gasteiger partial charge on any atom is -0.456 e. The summed E-state index contributed by atoms with van der Waals surface area (Å²) < 4.78 is 6.80. The normalized spacial score (nSPS) is 12.0. The predicted octanol–water partition coefficient (Wildman–Crippen LogP) is 19.3. The first-order valence-corrected chi connectivity index (χ1v) is 25.6. The van der Waals surface area contributed by atoms with Gasteiger partial charge in [0.1, 0.15) is 11.2 Å². The van der Waals surface area contributed by atoms with E-state index in [2.05, 4.69) is 212 Å². The third-order valence-corrected chi connectivity index (χ3v) is 15.6. The second-order valence-corrected chi connectivity index (χ2v) is 19.7. The first kappa shape index (κ1) is 41.6. The van der Waals surface area contributed by atoms with Crippen molar-refractivity contribution in [1.82, 2.24) is 15.0 Å². The summed E-state index contributed by atoms with van der Waals surface area (Å²) in [6, 6.07) is 89.6. The van der Waals surface area contributed by atoms with E-state index >= 15 is 0 Å². The molecule has 16 aromatic rings. The van der Waals surface area contributed by atoms with E-state index in [0.717, 1.165) is 65.7 Å². The summed E-state index contributed by atoms with van der Waals surface area (Å²) in [5, 5.41) is 21.2. The Bertz CT molecular complexity index is 4890. The van der Waals surface area contributed by atoms with Crippen LogP contribution in [0.2, 0.25) is 0 Å². The topological polar surface area (TPSA) is 51.8 Å². The fraction of sp³-hybridized carbons (Fsp3) is 0. The minimum atomic E-state index is 0.634. The number of aromatic nitrogens is 3. The molecule has 75 heavy (non-hydrogen) atoms. The summed E-state index contributed by atoms with van der Waals surface area (Å²) in [4.78, 5) is 15.7. The fourth-order valence-electron chi connectivity index (χ4n) is 12.3. The van der Waals surface area contributed by atoms with Gasteiger partial charge in [0.05, 0.1) is 0 Å². The van der Waals surface area contributed by atoms with Crippen LogP contribution in [0.1, 0.15) is 0 Å². The van der Waals surface area contributed by atoms with Crippen LogP contribution in [-0.4, -0.2) is 15.0 Å². The van der Waals surface area contributed by atoms with Gasteiger partial charge in [0.25, 0.3) is 0 Å². The average Bonchev–Trinajstić information content (AvgIpc) is 3.88. The minimum absolute atomic E-state index is 0.634. The van der Waals surface area contributed by atoms with Crippen molar-refractivity contribution in [2.75, 3.05) is 0 Å². The monoisotopic (exact) mass is 951 g/mol. The smallest absolute Gasteiger partial charge is 0.165 e. The van der Waals surface area contributed by atoms with Crippen LogP contribution in [0.4, 0.5) is 0 Å².